The van der Waals surface area contributed by atoms with E-state index in [1.54, 1.807) is 0 Å². The van der Waals surface area contributed by atoms with E-state index in [9.17, 15) is 8.78 Å². The van der Waals surface area contributed by atoms with Crippen LogP contribution in [0.25, 0.3) is 0 Å². The van der Waals surface area contributed by atoms with Crippen LogP contribution in [0, 0.1) is 17.6 Å². The van der Waals surface area contributed by atoms with Gasteiger partial charge in [-0.1, -0.05) is 32.6 Å². The summed E-state index contributed by atoms with van der Waals surface area (Å²) in [5, 5.41) is 3.57. The summed E-state index contributed by atoms with van der Waals surface area (Å²) < 4.78 is 27.3. The maximum absolute atomic E-state index is 13.9. The van der Waals surface area contributed by atoms with E-state index in [-0.39, 0.29) is 17.7 Å². The van der Waals surface area contributed by atoms with Gasteiger partial charge < -0.3 is 5.32 Å². The molecule has 2 rings (SSSR count). The minimum atomic E-state index is -0.346. The van der Waals surface area contributed by atoms with Crippen LogP contribution >= 0.6 is 0 Å². The van der Waals surface area contributed by atoms with E-state index in [1.165, 1.54) is 56.7 Å². The summed E-state index contributed by atoms with van der Waals surface area (Å²) >= 11 is 0. The van der Waals surface area contributed by atoms with E-state index in [4.69, 9.17) is 0 Å². The smallest absolute Gasteiger partial charge is 0.126 e. The van der Waals surface area contributed by atoms with Crippen LogP contribution in [0.5, 0.6) is 0 Å². The molecule has 1 aromatic carbocycles. The van der Waals surface area contributed by atoms with Crippen molar-refractivity contribution in [2.45, 2.75) is 64.3 Å². The largest absolute Gasteiger partial charge is 0.313 e. The molecular formula is C18H27F2N. The number of benzene rings is 1. The molecule has 3 heteroatoms. The van der Waals surface area contributed by atoms with Crippen LogP contribution in [0.2, 0.25) is 0 Å². The zero-order valence-corrected chi connectivity index (χ0v) is 13.0. The van der Waals surface area contributed by atoms with E-state index in [2.05, 4.69) is 12.2 Å². The Balaban J connectivity index is 2.08. The molecule has 0 radical (unpaired) electrons. The molecule has 1 N–H and O–H groups in total. The summed E-state index contributed by atoms with van der Waals surface area (Å²) in [6, 6.07) is 4.06. The minimum Gasteiger partial charge on any atom is -0.313 e. The van der Waals surface area contributed by atoms with Crippen molar-refractivity contribution in [2.24, 2.45) is 5.92 Å². The van der Waals surface area contributed by atoms with Crippen LogP contribution in [0.3, 0.4) is 0 Å². The Morgan fingerprint density at radius 1 is 1.14 bits per heavy atom. The van der Waals surface area contributed by atoms with Crippen LogP contribution in [0.15, 0.2) is 18.2 Å². The van der Waals surface area contributed by atoms with Crippen molar-refractivity contribution in [3.05, 3.63) is 35.4 Å². The Hall–Kier alpha value is -0.960. The number of hydrogen-bond donors (Lipinski definition) is 1. The summed E-state index contributed by atoms with van der Waals surface area (Å²) in [6.45, 7) is 3.08. The molecule has 1 fully saturated rings. The predicted molar refractivity (Wildman–Crippen MR) is 83.3 cm³/mol. The lowest BCUT2D eigenvalue weighted by molar-refractivity contribution is 0.315. The van der Waals surface area contributed by atoms with Gasteiger partial charge in [0, 0.05) is 6.04 Å². The SMILES string of the molecule is CCCNC(Cc1cc(F)ccc1F)C1CCCCCC1. The second-order valence-corrected chi connectivity index (χ2v) is 6.25. The van der Waals surface area contributed by atoms with Gasteiger partial charge in [0.1, 0.15) is 11.6 Å². The van der Waals surface area contributed by atoms with Crippen LogP contribution in [0.4, 0.5) is 8.78 Å². The Kier molecular flexibility index (Phi) is 6.62. The first-order chi connectivity index (χ1) is 10.2. The lowest BCUT2D eigenvalue weighted by atomic mass is 9.87. The Labute approximate surface area is 127 Å². The molecule has 0 saturated heterocycles. The highest BCUT2D eigenvalue weighted by atomic mass is 19.1. The van der Waals surface area contributed by atoms with Crippen molar-refractivity contribution < 1.29 is 8.78 Å². The molecule has 0 spiro atoms. The van der Waals surface area contributed by atoms with E-state index in [0.717, 1.165) is 13.0 Å². The predicted octanol–water partition coefficient (Wildman–Crippen LogP) is 4.85. The standard InChI is InChI=1S/C18H27F2N/c1-2-11-21-18(14-7-5-3-4-6-8-14)13-15-12-16(19)9-10-17(15)20/h9-10,12,14,18,21H,2-8,11,13H2,1H3. The van der Waals surface area contributed by atoms with Gasteiger partial charge in [-0.15, -0.1) is 0 Å². The third-order valence-electron chi connectivity index (χ3n) is 4.57. The van der Waals surface area contributed by atoms with Gasteiger partial charge in [0.05, 0.1) is 0 Å². The van der Waals surface area contributed by atoms with Gasteiger partial charge in [-0.2, -0.15) is 0 Å². The Morgan fingerprint density at radius 3 is 2.52 bits per heavy atom. The maximum atomic E-state index is 13.9. The summed E-state index contributed by atoms with van der Waals surface area (Å²) in [4.78, 5) is 0. The monoisotopic (exact) mass is 295 g/mol. The van der Waals surface area contributed by atoms with Crippen molar-refractivity contribution >= 4 is 0 Å². The zero-order valence-electron chi connectivity index (χ0n) is 13.0. The van der Waals surface area contributed by atoms with Crippen molar-refractivity contribution in [2.75, 3.05) is 6.54 Å². The average molecular weight is 295 g/mol. The molecule has 0 bridgehead atoms. The molecular weight excluding hydrogens is 268 g/mol. The molecule has 1 aromatic rings. The normalized spacial score (nSPS) is 18.4. The number of nitrogens with one attached hydrogen (secondary N) is 1. The Morgan fingerprint density at radius 2 is 1.86 bits per heavy atom. The molecule has 118 valence electrons. The number of halogens is 2. The van der Waals surface area contributed by atoms with Gasteiger partial charge in [-0.25, -0.2) is 8.78 Å². The quantitative estimate of drug-likeness (QED) is 0.740. The van der Waals surface area contributed by atoms with Gasteiger partial charge in [0.15, 0.2) is 0 Å². The lowest BCUT2D eigenvalue weighted by Gasteiger charge is -2.27. The van der Waals surface area contributed by atoms with E-state index < -0.39 is 0 Å². The molecule has 1 aliphatic rings. The molecule has 1 unspecified atom stereocenters. The summed E-state index contributed by atoms with van der Waals surface area (Å²) in [5.41, 5.74) is 0.507. The van der Waals surface area contributed by atoms with E-state index in [0.29, 0.717) is 17.9 Å². The molecule has 1 nitrogen and oxygen atoms in total. The van der Waals surface area contributed by atoms with Crippen molar-refractivity contribution in [3.8, 4) is 0 Å². The topological polar surface area (TPSA) is 12.0 Å². The van der Waals surface area contributed by atoms with Crippen LogP contribution in [0.1, 0.15) is 57.4 Å². The molecule has 1 aliphatic carbocycles. The number of rotatable bonds is 6. The first-order valence-electron chi connectivity index (χ1n) is 8.38. The fourth-order valence-corrected chi connectivity index (χ4v) is 3.39. The summed E-state index contributed by atoms with van der Waals surface area (Å²) in [5.74, 6) is -0.0449. The van der Waals surface area contributed by atoms with Crippen molar-refractivity contribution in [3.63, 3.8) is 0 Å². The van der Waals surface area contributed by atoms with Gasteiger partial charge in [0.25, 0.3) is 0 Å². The highest BCUT2D eigenvalue weighted by Gasteiger charge is 2.23. The molecule has 0 aromatic heterocycles. The molecule has 0 aliphatic heterocycles. The Bertz CT molecular complexity index is 425. The van der Waals surface area contributed by atoms with Gasteiger partial charge in [0.2, 0.25) is 0 Å². The van der Waals surface area contributed by atoms with E-state index >= 15 is 0 Å². The molecule has 1 saturated carbocycles. The fraction of sp³-hybridized carbons (Fsp3) is 0.667. The zero-order chi connectivity index (χ0) is 15.1. The molecule has 1 atom stereocenters. The fourth-order valence-electron chi connectivity index (χ4n) is 3.39. The van der Waals surface area contributed by atoms with Crippen LogP contribution in [-0.2, 0) is 6.42 Å². The highest BCUT2D eigenvalue weighted by molar-refractivity contribution is 5.20. The van der Waals surface area contributed by atoms with Gasteiger partial charge in [-0.3, -0.25) is 0 Å². The third-order valence-corrected chi connectivity index (χ3v) is 4.57. The molecule has 0 heterocycles. The molecule has 0 amide bonds. The lowest BCUT2D eigenvalue weighted by Crippen LogP contribution is -2.38. The second-order valence-electron chi connectivity index (χ2n) is 6.25. The maximum Gasteiger partial charge on any atom is 0.126 e. The second kappa shape index (κ2) is 8.47. The van der Waals surface area contributed by atoms with Crippen LogP contribution < -0.4 is 5.32 Å². The van der Waals surface area contributed by atoms with Crippen molar-refractivity contribution in [1.82, 2.24) is 5.32 Å². The summed E-state index contributed by atoms with van der Waals surface area (Å²) in [7, 11) is 0. The minimum absolute atomic E-state index is 0.263. The third kappa shape index (κ3) is 5.06. The van der Waals surface area contributed by atoms with Crippen LogP contribution in [-0.4, -0.2) is 12.6 Å². The molecule has 21 heavy (non-hydrogen) atoms. The summed E-state index contributed by atoms with van der Waals surface area (Å²) in [6.07, 6.45) is 9.22. The first-order valence-corrected chi connectivity index (χ1v) is 8.38. The van der Waals surface area contributed by atoms with Gasteiger partial charge >= 0.3 is 0 Å². The highest BCUT2D eigenvalue weighted by Crippen LogP contribution is 2.28. The first kappa shape index (κ1) is 16.4. The van der Waals surface area contributed by atoms with E-state index in [1.807, 2.05) is 0 Å². The van der Waals surface area contributed by atoms with Crippen molar-refractivity contribution in [1.29, 1.82) is 0 Å². The average Bonchev–Trinajstić information content (AvgIpc) is 2.76. The number of hydrogen-bond acceptors (Lipinski definition) is 1. The van der Waals surface area contributed by atoms with Gasteiger partial charge in [-0.05, 0) is 61.9 Å².